The summed E-state index contributed by atoms with van der Waals surface area (Å²) in [6, 6.07) is -1.13. The molecule has 4 aliphatic rings. The number of carbonyl (C=O) groups is 4. The molecule has 3 N–H and O–H groups in total. The molecule has 13 heteroatoms. The van der Waals surface area contributed by atoms with Crippen molar-refractivity contribution >= 4 is 23.4 Å². The van der Waals surface area contributed by atoms with Crippen molar-refractivity contribution in [1.82, 2.24) is 4.90 Å². The molecule has 0 aromatic rings. The molecule has 0 aromatic heterocycles. The average Bonchev–Trinajstić information content (AvgIpc) is 3.18. The third-order valence-corrected chi connectivity index (χ3v) is 12.9. The summed E-state index contributed by atoms with van der Waals surface area (Å²) in [7, 11) is 4.63. The summed E-state index contributed by atoms with van der Waals surface area (Å²) >= 11 is 0. The number of carbonyl (C=O) groups excluding carboxylic acids is 4. The smallest absolute Gasteiger partial charge is 0.329 e. The summed E-state index contributed by atoms with van der Waals surface area (Å²) < 4.78 is 29.7. The summed E-state index contributed by atoms with van der Waals surface area (Å²) in [4.78, 5) is 57.6. The van der Waals surface area contributed by atoms with Gasteiger partial charge in [-0.15, -0.1) is 0 Å². The Labute approximate surface area is 333 Å². The number of hydrogen-bond acceptors (Lipinski definition) is 12. The van der Waals surface area contributed by atoms with Crippen molar-refractivity contribution in [2.24, 2.45) is 29.6 Å². The molecule has 0 aromatic carbocycles. The van der Waals surface area contributed by atoms with Crippen LogP contribution in [0.1, 0.15) is 112 Å². The van der Waals surface area contributed by atoms with E-state index in [0.717, 1.165) is 5.57 Å². The molecule has 1 aliphatic carbocycles. The van der Waals surface area contributed by atoms with Gasteiger partial charge in [-0.25, -0.2) is 4.79 Å². The van der Waals surface area contributed by atoms with E-state index in [1.54, 1.807) is 21.0 Å². The van der Waals surface area contributed by atoms with Gasteiger partial charge in [0.1, 0.15) is 24.0 Å². The maximum absolute atomic E-state index is 14.3. The van der Waals surface area contributed by atoms with E-state index in [9.17, 15) is 34.5 Å². The van der Waals surface area contributed by atoms with Crippen molar-refractivity contribution in [1.29, 1.82) is 0 Å². The van der Waals surface area contributed by atoms with Crippen molar-refractivity contribution in [3.05, 3.63) is 23.3 Å². The van der Waals surface area contributed by atoms with Gasteiger partial charge < -0.3 is 43.9 Å². The van der Waals surface area contributed by atoms with Gasteiger partial charge in [0, 0.05) is 52.0 Å². The number of ketones is 2. The van der Waals surface area contributed by atoms with Gasteiger partial charge >= 0.3 is 5.97 Å². The molecular weight excluding hydrogens is 722 g/mol. The SMILES string of the molecule is CC[C@@H]1/C=C(\C)C[C@H](C)C[C@H](OC)[C@H]2O[C@@](O)(C(=O)C(=O)N3CCCC[C@H]3C(=O)O[C@H](/C(C)=C/C3CCC(O)[C@H](OC)C3)[C@H](C)[C@@H](O)CC1=O)[C@H](C)C[C@@H]2OC. The van der Waals surface area contributed by atoms with Gasteiger partial charge in [0.05, 0.1) is 30.5 Å². The van der Waals surface area contributed by atoms with Crippen molar-refractivity contribution < 1.29 is 58.2 Å². The lowest BCUT2D eigenvalue weighted by atomic mass is 9.81. The molecule has 4 rings (SSSR count). The molecule has 1 saturated carbocycles. The Bertz CT molecular complexity index is 1430. The predicted octanol–water partition coefficient (Wildman–Crippen LogP) is 4.47. The highest BCUT2D eigenvalue weighted by molar-refractivity contribution is 6.39. The normalized spacial score (nSPS) is 41.6. The lowest BCUT2D eigenvalue weighted by molar-refractivity contribution is -0.302. The summed E-state index contributed by atoms with van der Waals surface area (Å²) in [6.45, 7) is 11.3. The number of aliphatic hydroxyl groups is 3. The van der Waals surface area contributed by atoms with E-state index in [2.05, 4.69) is 6.92 Å². The molecule has 318 valence electrons. The quantitative estimate of drug-likeness (QED) is 0.196. The molecule has 13 nitrogen and oxygen atoms in total. The van der Waals surface area contributed by atoms with Crippen molar-refractivity contribution in [3.8, 4) is 0 Å². The topological polar surface area (TPSA) is 178 Å². The van der Waals surface area contributed by atoms with Gasteiger partial charge in [-0.05, 0) is 95.5 Å². The zero-order valence-corrected chi connectivity index (χ0v) is 35.1. The van der Waals surface area contributed by atoms with Gasteiger partial charge in [-0.2, -0.15) is 0 Å². The van der Waals surface area contributed by atoms with Crippen molar-refractivity contribution in [2.75, 3.05) is 27.9 Å². The number of ether oxygens (including phenoxy) is 5. The van der Waals surface area contributed by atoms with Crippen LogP contribution in [-0.4, -0.2) is 126 Å². The van der Waals surface area contributed by atoms with Crippen LogP contribution in [0.2, 0.25) is 0 Å². The van der Waals surface area contributed by atoms with Crippen LogP contribution in [0.5, 0.6) is 0 Å². The number of cyclic esters (lactones) is 1. The van der Waals surface area contributed by atoms with Crippen LogP contribution in [0.25, 0.3) is 0 Å². The minimum Gasteiger partial charge on any atom is -0.456 e. The largest absolute Gasteiger partial charge is 0.456 e. The first-order chi connectivity index (χ1) is 26.5. The molecule has 2 bridgehead atoms. The maximum Gasteiger partial charge on any atom is 0.329 e. The van der Waals surface area contributed by atoms with Crippen LogP contribution >= 0.6 is 0 Å². The lowest BCUT2D eigenvalue weighted by Crippen LogP contribution is -2.64. The van der Waals surface area contributed by atoms with Crippen LogP contribution < -0.4 is 0 Å². The monoisotopic (exact) mass is 791 g/mol. The Morgan fingerprint density at radius 3 is 2.21 bits per heavy atom. The molecule has 14 atom stereocenters. The third-order valence-electron chi connectivity index (χ3n) is 12.9. The summed E-state index contributed by atoms with van der Waals surface area (Å²) in [6.07, 6.45) is 3.72. The summed E-state index contributed by atoms with van der Waals surface area (Å²) in [5, 5.41) is 34.1. The summed E-state index contributed by atoms with van der Waals surface area (Å²) in [5.41, 5.74) is 1.66. The fourth-order valence-electron chi connectivity index (χ4n) is 9.39. The number of esters is 1. The number of allylic oxidation sites excluding steroid dienone is 3. The average molecular weight is 792 g/mol. The van der Waals surface area contributed by atoms with Crippen LogP contribution in [0.3, 0.4) is 0 Å². The first-order valence-electron chi connectivity index (χ1n) is 20.8. The number of piperidine rings is 1. The third kappa shape index (κ3) is 10.7. The molecule has 0 spiro atoms. The molecule has 2 saturated heterocycles. The van der Waals surface area contributed by atoms with Crippen LogP contribution in [-0.2, 0) is 42.9 Å². The number of hydrogen-bond donors (Lipinski definition) is 3. The second-order valence-electron chi connectivity index (χ2n) is 17.2. The van der Waals surface area contributed by atoms with E-state index >= 15 is 0 Å². The molecular formula is C43H69NO12. The number of nitrogens with zero attached hydrogens (tertiary/aromatic N) is 1. The first kappa shape index (κ1) is 46.2. The number of Topliss-reactive ketones (excluding diaryl/α,β-unsaturated/α-hetero) is 2. The highest BCUT2D eigenvalue weighted by Gasteiger charge is 2.56. The van der Waals surface area contributed by atoms with E-state index in [1.165, 1.54) is 19.1 Å². The first-order valence-corrected chi connectivity index (χ1v) is 20.8. The van der Waals surface area contributed by atoms with Gasteiger partial charge in [0.25, 0.3) is 11.7 Å². The van der Waals surface area contributed by atoms with Crippen molar-refractivity contribution in [2.45, 2.75) is 167 Å². The standard InChI is InChI=1S/C43H69NO12/c1-10-30-18-24(2)17-25(3)19-36(53-8)39-37(54-9)21-27(5)43(51,56-39)40(48)41(49)44-16-12-11-13-31(44)42(50)55-38(28(6)33(46)23-34(30)47)26(4)20-29-14-15-32(45)35(22-29)52-7/h18,20,25,27-33,35-39,45-46,51H,10-17,19,21-23H2,1-9H3/b24-18+,26-20+/t25-,27+,28+,29?,30+,31-,32?,33-,35+,36-,37-,38+,39+,43+/m0/s1. The minimum atomic E-state index is -2.50. The van der Waals surface area contributed by atoms with E-state index in [0.29, 0.717) is 56.9 Å². The van der Waals surface area contributed by atoms with Crippen LogP contribution in [0, 0.1) is 29.6 Å². The highest BCUT2D eigenvalue weighted by atomic mass is 16.7. The Morgan fingerprint density at radius 1 is 0.911 bits per heavy atom. The number of rotatable bonds is 6. The fourth-order valence-corrected chi connectivity index (χ4v) is 9.39. The minimum absolute atomic E-state index is 0.000914. The van der Waals surface area contributed by atoms with E-state index in [-0.39, 0.29) is 49.5 Å². The molecule has 56 heavy (non-hydrogen) atoms. The molecule has 3 fully saturated rings. The molecule has 3 aliphatic heterocycles. The Balaban J connectivity index is 1.76. The Hall–Kier alpha value is -2.52. The maximum atomic E-state index is 14.3. The number of methoxy groups -OCH3 is 3. The zero-order chi connectivity index (χ0) is 41.5. The molecule has 2 unspecified atom stereocenters. The summed E-state index contributed by atoms with van der Waals surface area (Å²) in [5.74, 6) is -7.50. The molecule has 0 radical (unpaired) electrons. The Kier molecular flexibility index (Phi) is 16.9. The second kappa shape index (κ2) is 20.4. The van der Waals surface area contributed by atoms with E-state index in [4.69, 9.17) is 23.7 Å². The van der Waals surface area contributed by atoms with Gasteiger partial charge in [-0.1, -0.05) is 45.4 Å². The molecule has 3 heterocycles. The highest BCUT2D eigenvalue weighted by Crippen LogP contribution is 2.39. The number of amides is 1. The van der Waals surface area contributed by atoms with E-state index in [1.807, 2.05) is 32.9 Å². The second-order valence-corrected chi connectivity index (χ2v) is 17.2. The van der Waals surface area contributed by atoms with Crippen LogP contribution in [0.15, 0.2) is 23.3 Å². The van der Waals surface area contributed by atoms with Gasteiger partial charge in [0.15, 0.2) is 0 Å². The zero-order valence-electron chi connectivity index (χ0n) is 35.1. The molecule has 1 amide bonds. The van der Waals surface area contributed by atoms with Crippen molar-refractivity contribution in [3.63, 3.8) is 0 Å². The van der Waals surface area contributed by atoms with Gasteiger partial charge in [-0.3, -0.25) is 14.4 Å². The number of fused-ring (bicyclic) bond motifs is 3. The van der Waals surface area contributed by atoms with Crippen LogP contribution in [0.4, 0.5) is 0 Å². The lowest BCUT2D eigenvalue weighted by Gasteiger charge is -2.47. The van der Waals surface area contributed by atoms with Gasteiger partial charge in [0.2, 0.25) is 5.79 Å². The predicted molar refractivity (Wildman–Crippen MR) is 208 cm³/mol. The number of aliphatic hydroxyl groups excluding tert-OH is 2. The fraction of sp³-hybridized carbons (Fsp3) is 0.814. The Morgan fingerprint density at radius 2 is 1.57 bits per heavy atom. The van der Waals surface area contributed by atoms with E-state index < -0.39 is 83.9 Å².